The molecule has 2 aromatic heterocycles. The minimum Gasteiger partial charge on any atom is -0.481 e. The number of hydrogen-bond donors (Lipinski definition) is 1. The maximum absolute atomic E-state index is 11.0. The van der Waals surface area contributed by atoms with Gasteiger partial charge in [0.1, 0.15) is 0 Å². The van der Waals surface area contributed by atoms with Crippen LogP contribution in [0.25, 0.3) is 11.3 Å². The van der Waals surface area contributed by atoms with E-state index in [1.165, 1.54) is 0 Å². The van der Waals surface area contributed by atoms with E-state index >= 15 is 0 Å². The molecule has 0 radical (unpaired) electrons. The molecule has 98 valence electrons. The van der Waals surface area contributed by atoms with Crippen molar-refractivity contribution in [1.29, 1.82) is 0 Å². The van der Waals surface area contributed by atoms with Gasteiger partial charge in [0.05, 0.1) is 17.8 Å². The van der Waals surface area contributed by atoms with Crippen LogP contribution in [0.2, 0.25) is 0 Å². The van der Waals surface area contributed by atoms with Gasteiger partial charge in [-0.3, -0.25) is 14.5 Å². The molecule has 0 saturated heterocycles. The molecular formula is C14H15N3O2. The smallest absolute Gasteiger partial charge is 0.309 e. The second-order valence-electron chi connectivity index (χ2n) is 4.73. The van der Waals surface area contributed by atoms with E-state index < -0.39 is 5.97 Å². The Morgan fingerprint density at radius 1 is 1.37 bits per heavy atom. The summed E-state index contributed by atoms with van der Waals surface area (Å²) in [7, 11) is 0. The van der Waals surface area contributed by atoms with Gasteiger partial charge in [0, 0.05) is 24.0 Å². The molecule has 3 rings (SSSR count). The lowest BCUT2D eigenvalue weighted by Crippen LogP contribution is -2.11. The lowest BCUT2D eigenvalue weighted by Gasteiger charge is -2.14. The van der Waals surface area contributed by atoms with E-state index in [0.717, 1.165) is 42.8 Å². The molecule has 0 unspecified atom stereocenters. The molecule has 0 aliphatic carbocycles. The summed E-state index contributed by atoms with van der Waals surface area (Å²) < 4.78 is 1.95. The van der Waals surface area contributed by atoms with Gasteiger partial charge in [0.15, 0.2) is 0 Å². The third kappa shape index (κ3) is 2.23. The topological polar surface area (TPSA) is 68.0 Å². The molecule has 1 aliphatic rings. The van der Waals surface area contributed by atoms with E-state index in [1.54, 1.807) is 6.20 Å². The number of carboxylic acid groups (broad SMARTS) is 1. The van der Waals surface area contributed by atoms with Crippen molar-refractivity contribution in [2.24, 2.45) is 0 Å². The first-order valence-corrected chi connectivity index (χ1v) is 6.47. The molecule has 0 atom stereocenters. The van der Waals surface area contributed by atoms with Gasteiger partial charge in [-0.1, -0.05) is 6.07 Å². The number of hydrogen-bond acceptors (Lipinski definition) is 3. The average Bonchev–Trinajstić information content (AvgIpc) is 2.76. The Balaban J connectivity index is 2.14. The Bertz CT molecular complexity index is 605. The van der Waals surface area contributed by atoms with Crippen LogP contribution in [0.5, 0.6) is 0 Å². The van der Waals surface area contributed by atoms with Gasteiger partial charge in [-0.2, -0.15) is 5.10 Å². The predicted molar refractivity (Wildman–Crippen MR) is 69.7 cm³/mol. The Morgan fingerprint density at radius 2 is 2.26 bits per heavy atom. The number of aliphatic carboxylic acids is 1. The Labute approximate surface area is 110 Å². The van der Waals surface area contributed by atoms with Crippen molar-refractivity contribution < 1.29 is 9.90 Å². The number of pyridine rings is 1. The van der Waals surface area contributed by atoms with Crippen LogP contribution >= 0.6 is 0 Å². The molecule has 0 spiro atoms. The average molecular weight is 257 g/mol. The fourth-order valence-electron chi connectivity index (χ4n) is 2.62. The van der Waals surface area contributed by atoms with Gasteiger partial charge in [0.2, 0.25) is 0 Å². The Kier molecular flexibility index (Phi) is 3.03. The number of carbonyl (C=O) groups is 1. The summed E-state index contributed by atoms with van der Waals surface area (Å²) in [6, 6.07) is 5.69. The first-order chi connectivity index (χ1) is 9.25. The van der Waals surface area contributed by atoms with Crippen molar-refractivity contribution in [3.8, 4) is 11.3 Å². The van der Waals surface area contributed by atoms with Crippen LogP contribution in [-0.4, -0.2) is 25.8 Å². The summed E-state index contributed by atoms with van der Waals surface area (Å²) in [6.07, 6.45) is 4.85. The zero-order valence-corrected chi connectivity index (χ0v) is 10.5. The van der Waals surface area contributed by atoms with Crippen LogP contribution in [0.3, 0.4) is 0 Å². The molecular weight excluding hydrogens is 242 g/mol. The molecule has 5 nitrogen and oxygen atoms in total. The van der Waals surface area contributed by atoms with Crippen molar-refractivity contribution in [2.75, 3.05) is 0 Å². The monoisotopic (exact) mass is 257 g/mol. The van der Waals surface area contributed by atoms with E-state index in [4.69, 9.17) is 5.11 Å². The van der Waals surface area contributed by atoms with Gasteiger partial charge in [0.25, 0.3) is 0 Å². The van der Waals surface area contributed by atoms with Crippen molar-refractivity contribution in [1.82, 2.24) is 14.8 Å². The van der Waals surface area contributed by atoms with Gasteiger partial charge >= 0.3 is 5.97 Å². The fourth-order valence-corrected chi connectivity index (χ4v) is 2.62. The summed E-state index contributed by atoms with van der Waals surface area (Å²) in [5, 5.41) is 13.5. The van der Waals surface area contributed by atoms with Crippen LogP contribution in [0, 0.1) is 0 Å². The summed E-state index contributed by atoms with van der Waals surface area (Å²) in [5.74, 6) is -0.854. The van der Waals surface area contributed by atoms with E-state index in [-0.39, 0.29) is 6.42 Å². The van der Waals surface area contributed by atoms with E-state index in [2.05, 4.69) is 10.1 Å². The fraction of sp³-hybridized carbons (Fsp3) is 0.357. The lowest BCUT2D eigenvalue weighted by molar-refractivity contribution is -0.136. The van der Waals surface area contributed by atoms with Gasteiger partial charge < -0.3 is 5.11 Å². The lowest BCUT2D eigenvalue weighted by atomic mass is 10.0. The third-order valence-electron chi connectivity index (χ3n) is 3.40. The SMILES string of the molecule is O=C(O)Cc1nn2c(c1-c1ccccn1)CCCC2. The molecule has 0 aromatic carbocycles. The van der Waals surface area contributed by atoms with Gasteiger partial charge in [-0.05, 0) is 31.4 Å². The molecule has 0 amide bonds. The normalized spacial score (nSPS) is 14.1. The van der Waals surface area contributed by atoms with Crippen LogP contribution in [-0.2, 0) is 24.2 Å². The largest absolute Gasteiger partial charge is 0.481 e. The van der Waals surface area contributed by atoms with Crippen molar-refractivity contribution in [3.63, 3.8) is 0 Å². The molecule has 0 bridgehead atoms. The molecule has 0 fully saturated rings. The summed E-state index contributed by atoms with van der Waals surface area (Å²) in [5.41, 5.74) is 3.49. The number of carboxylic acids is 1. The van der Waals surface area contributed by atoms with Crippen molar-refractivity contribution in [2.45, 2.75) is 32.2 Å². The van der Waals surface area contributed by atoms with E-state index in [0.29, 0.717) is 5.69 Å². The van der Waals surface area contributed by atoms with Crippen LogP contribution in [0.15, 0.2) is 24.4 Å². The minimum absolute atomic E-state index is 0.0497. The molecule has 19 heavy (non-hydrogen) atoms. The molecule has 3 heterocycles. The zero-order valence-electron chi connectivity index (χ0n) is 10.5. The maximum Gasteiger partial charge on any atom is 0.309 e. The zero-order chi connectivity index (χ0) is 13.2. The first kappa shape index (κ1) is 11.9. The Hall–Kier alpha value is -2.17. The van der Waals surface area contributed by atoms with Gasteiger partial charge in [-0.15, -0.1) is 0 Å². The number of fused-ring (bicyclic) bond motifs is 1. The Morgan fingerprint density at radius 3 is 3.00 bits per heavy atom. The highest BCUT2D eigenvalue weighted by Gasteiger charge is 2.23. The number of rotatable bonds is 3. The van der Waals surface area contributed by atoms with E-state index in [9.17, 15) is 4.79 Å². The van der Waals surface area contributed by atoms with Crippen LogP contribution < -0.4 is 0 Å². The summed E-state index contributed by atoms with van der Waals surface area (Å²) >= 11 is 0. The highest BCUT2D eigenvalue weighted by molar-refractivity contribution is 5.75. The highest BCUT2D eigenvalue weighted by Crippen LogP contribution is 2.30. The molecule has 5 heteroatoms. The van der Waals surface area contributed by atoms with Crippen LogP contribution in [0.4, 0.5) is 0 Å². The number of aryl methyl sites for hydroxylation is 1. The molecule has 2 aromatic rings. The number of aromatic nitrogens is 3. The van der Waals surface area contributed by atoms with Crippen LogP contribution in [0.1, 0.15) is 24.2 Å². The molecule has 1 N–H and O–H groups in total. The van der Waals surface area contributed by atoms with Gasteiger partial charge in [-0.25, -0.2) is 0 Å². The quantitative estimate of drug-likeness (QED) is 0.912. The maximum atomic E-state index is 11.0. The predicted octanol–water partition coefficient (Wildman–Crippen LogP) is 1.91. The van der Waals surface area contributed by atoms with Crippen molar-refractivity contribution >= 4 is 5.97 Å². The minimum atomic E-state index is -0.854. The van der Waals surface area contributed by atoms with Crippen molar-refractivity contribution in [3.05, 3.63) is 35.8 Å². The number of nitrogens with zero attached hydrogens (tertiary/aromatic N) is 3. The second kappa shape index (κ2) is 4.84. The summed E-state index contributed by atoms with van der Waals surface area (Å²) in [4.78, 5) is 15.3. The third-order valence-corrected chi connectivity index (χ3v) is 3.40. The summed E-state index contributed by atoms with van der Waals surface area (Å²) in [6.45, 7) is 0.870. The second-order valence-corrected chi connectivity index (χ2v) is 4.73. The van der Waals surface area contributed by atoms with E-state index in [1.807, 2.05) is 22.9 Å². The first-order valence-electron chi connectivity index (χ1n) is 6.47. The molecule has 1 aliphatic heterocycles. The highest BCUT2D eigenvalue weighted by atomic mass is 16.4. The standard InChI is InChI=1S/C14H15N3O2/c18-13(19)9-11-14(10-5-1-3-7-15-10)12-6-2-4-8-17(12)16-11/h1,3,5,7H,2,4,6,8-9H2,(H,18,19). The molecule has 0 saturated carbocycles.